The number of halogens is 1. The van der Waals surface area contributed by atoms with Crippen LogP contribution in [0.4, 0.5) is 0 Å². The zero-order chi connectivity index (χ0) is 17.2. The second kappa shape index (κ2) is 6.63. The molecule has 6 heteroatoms. The van der Waals surface area contributed by atoms with Crippen molar-refractivity contribution >= 4 is 21.7 Å². The van der Waals surface area contributed by atoms with Crippen LogP contribution < -0.4 is 4.18 Å². The number of aromatic nitrogens is 1. The van der Waals surface area contributed by atoms with Crippen molar-refractivity contribution in [2.75, 3.05) is 0 Å². The van der Waals surface area contributed by atoms with Gasteiger partial charge in [-0.05, 0) is 42.8 Å². The van der Waals surface area contributed by atoms with Crippen molar-refractivity contribution in [3.63, 3.8) is 0 Å². The summed E-state index contributed by atoms with van der Waals surface area (Å²) in [4.78, 5) is 4.17. The summed E-state index contributed by atoms with van der Waals surface area (Å²) in [6.07, 6.45) is 1.56. The molecule has 4 nitrogen and oxygen atoms in total. The Morgan fingerprint density at radius 2 is 1.50 bits per heavy atom. The Balaban J connectivity index is 1.81. The van der Waals surface area contributed by atoms with Crippen LogP contribution >= 0.6 is 11.6 Å². The molecule has 0 bridgehead atoms. The van der Waals surface area contributed by atoms with Crippen molar-refractivity contribution in [2.45, 2.75) is 11.8 Å². The first-order valence-corrected chi connectivity index (χ1v) is 8.96. The zero-order valence-electron chi connectivity index (χ0n) is 12.8. The number of aryl methyl sites for hydroxylation is 1. The van der Waals surface area contributed by atoms with Gasteiger partial charge in [0, 0.05) is 22.8 Å². The molecular weight excluding hydrogens is 346 g/mol. The first-order valence-electron chi connectivity index (χ1n) is 7.17. The Kier molecular flexibility index (Phi) is 4.55. The van der Waals surface area contributed by atoms with Crippen LogP contribution in [0.2, 0.25) is 5.02 Å². The van der Waals surface area contributed by atoms with E-state index in [2.05, 4.69) is 4.98 Å². The zero-order valence-corrected chi connectivity index (χ0v) is 14.4. The van der Waals surface area contributed by atoms with E-state index in [1.165, 1.54) is 18.2 Å². The normalized spacial score (nSPS) is 11.2. The molecule has 1 aromatic heterocycles. The van der Waals surface area contributed by atoms with E-state index in [4.69, 9.17) is 15.8 Å². The number of rotatable bonds is 4. The SMILES string of the molecule is Cc1ccc(S(=O)(=O)Oc2ccc(-c3ccc(Cl)cc3)cn2)cc1. The molecular formula is C18H14ClNO3S. The summed E-state index contributed by atoms with van der Waals surface area (Å²) in [7, 11) is -3.89. The molecule has 0 atom stereocenters. The van der Waals surface area contributed by atoms with Gasteiger partial charge >= 0.3 is 10.1 Å². The molecule has 0 aliphatic carbocycles. The minimum absolute atomic E-state index is 0.0216. The largest absolute Gasteiger partial charge is 0.358 e. The highest BCUT2D eigenvalue weighted by Gasteiger charge is 2.17. The van der Waals surface area contributed by atoms with E-state index in [1.54, 1.807) is 36.5 Å². The number of pyridine rings is 1. The van der Waals surface area contributed by atoms with E-state index >= 15 is 0 Å². The molecule has 0 unspecified atom stereocenters. The Labute approximate surface area is 145 Å². The quantitative estimate of drug-likeness (QED) is 0.644. The summed E-state index contributed by atoms with van der Waals surface area (Å²) in [5.74, 6) is 0.0216. The number of nitrogens with zero attached hydrogens (tertiary/aromatic N) is 1. The molecule has 0 aliphatic heterocycles. The number of hydrogen-bond acceptors (Lipinski definition) is 4. The first-order chi connectivity index (χ1) is 11.4. The van der Waals surface area contributed by atoms with Gasteiger partial charge in [-0.3, -0.25) is 0 Å². The molecule has 3 rings (SSSR count). The van der Waals surface area contributed by atoms with Gasteiger partial charge in [0.25, 0.3) is 0 Å². The van der Waals surface area contributed by atoms with Gasteiger partial charge in [-0.25, -0.2) is 4.98 Å². The van der Waals surface area contributed by atoms with Crippen molar-refractivity contribution < 1.29 is 12.6 Å². The third-order valence-electron chi connectivity index (χ3n) is 3.42. The summed E-state index contributed by atoms with van der Waals surface area (Å²) in [5.41, 5.74) is 2.74. The van der Waals surface area contributed by atoms with Gasteiger partial charge in [0.05, 0.1) is 0 Å². The predicted octanol–water partition coefficient (Wildman–Crippen LogP) is 4.48. The fourth-order valence-corrected chi connectivity index (χ4v) is 3.12. The molecule has 0 N–H and O–H groups in total. The minimum atomic E-state index is -3.89. The average Bonchev–Trinajstić information content (AvgIpc) is 2.56. The van der Waals surface area contributed by atoms with Crippen LogP contribution in [-0.2, 0) is 10.1 Å². The van der Waals surface area contributed by atoms with Crippen LogP contribution in [0.25, 0.3) is 11.1 Å². The minimum Gasteiger partial charge on any atom is -0.358 e. The third-order valence-corrected chi connectivity index (χ3v) is 4.91. The van der Waals surface area contributed by atoms with Crippen molar-refractivity contribution in [2.24, 2.45) is 0 Å². The van der Waals surface area contributed by atoms with Crippen molar-refractivity contribution in [1.29, 1.82) is 0 Å². The molecule has 2 aromatic carbocycles. The smallest absolute Gasteiger partial charge is 0.340 e. The molecule has 3 aromatic rings. The lowest BCUT2D eigenvalue weighted by Crippen LogP contribution is -2.10. The van der Waals surface area contributed by atoms with E-state index < -0.39 is 10.1 Å². The maximum absolute atomic E-state index is 12.2. The van der Waals surface area contributed by atoms with Gasteiger partial charge in [-0.1, -0.05) is 41.4 Å². The fourth-order valence-electron chi connectivity index (χ4n) is 2.11. The lowest BCUT2D eigenvalue weighted by molar-refractivity contribution is 0.476. The van der Waals surface area contributed by atoms with E-state index in [0.29, 0.717) is 5.02 Å². The molecule has 24 heavy (non-hydrogen) atoms. The highest BCUT2D eigenvalue weighted by Crippen LogP contribution is 2.23. The maximum Gasteiger partial charge on any atom is 0.340 e. The molecule has 0 spiro atoms. The predicted molar refractivity (Wildman–Crippen MR) is 93.7 cm³/mol. The second-order valence-corrected chi connectivity index (χ2v) is 7.23. The first kappa shape index (κ1) is 16.5. The average molecular weight is 360 g/mol. The molecule has 0 saturated carbocycles. The van der Waals surface area contributed by atoms with E-state index in [1.807, 2.05) is 19.1 Å². The van der Waals surface area contributed by atoms with Gasteiger partial charge in [0.2, 0.25) is 5.88 Å². The summed E-state index contributed by atoms with van der Waals surface area (Å²) < 4.78 is 29.5. The highest BCUT2D eigenvalue weighted by molar-refractivity contribution is 7.87. The van der Waals surface area contributed by atoms with Crippen molar-refractivity contribution in [1.82, 2.24) is 4.98 Å². The van der Waals surface area contributed by atoms with Crippen LogP contribution in [0.1, 0.15) is 5.56 Å². The van der Waals surface area contributed by atoms with Crippen LogP contribution in [0, 0.1) is 6.92 Å². The van der Waals surface area contributed by atoms with Crippen LogP contribution in [0.3, 0.4) is 0 Å². The van der Waals surface area contributed by atoms with Gasteiger partial charge in [-0.15, -0.1) is 0 Å². The van der Waals surface area contributed by atoms with Crippen LogP contribution in [0.5, 0.6) is 5.88 Å². The standard InChI is InChI=1S/C18H14ClNO3S/c1-13-2-9-17(10-3-13)24(21,22)23-18-11-6-15(12-20-18)14-4-7-16(19)8-5-14/h2-12H,1H3. The van der Waals surface area contributed by atoms with E-state index in [9.17, 15) is 8.42 Å². The van der Waals surface area contributed by atoms with Crippen LogP contribution in [0.15, 0.2) is 71.8 Å². The van der Waals surface area contributed by atoms with Gasteiger partial charge in [0.15, 0.2) is 0 Å². The molecule has 0 aliphatic rings. The Morgan fingerprint density at radius 1 is 0.875 bits per heavy atom. The Hall–Kier alpha value is -2.37. The lowest BCUT2D eigenvalue weighted by atomic mass is 10.1. The van der Waals surface area contributed by atoms with Crippen molar-refractivity contribution in [3.8, 4) is 17.0 Å². The summed E-state index contributed by atoms with van der Waals surface area (Å²) in [6, 6.07) is 17.0. The molecule has 0 radical (unpaired) electrons. The second-order valence-electron chi connectivity index (χ2n) is 5.24. The Morgan fingerprint density at radius 3 is 2.08 bits per heavy atom. The van der Waals surface area contributed by atoms with Gasteiger partial charge in [0.1, 0.15) is 4.90 Å². The van der Waals surface area contributed by atoms with E-state index in [0.717, 1.165) is 16.7 Å². The fraction of sp³-hybridized carbons (Fsp3) is 0.0556. The summed E-state index contributed by atoms with van der Waals surface area (Å²) >= 11 is 5.86. The molecule has 0 saturated heterocycles. The maximum atomic E-state index is 12.2. The van der Waals surface area contributed by atoms with Crippen LogP contribution in [-0.4, -0.2) is 13.4 Å². The highest BCUT2D eigenvalue weighted by atomic mass is 35.5. The van der Waals surface area contributed by atoms with Crippen molar-refractivity contribution in [3.05, 3.63) is 77.4 Å². The van der Waals surface area contributed by atoms with Gasteiger partial charge < -0.3 is 4.18 Å². The molecule has 0 amide bonds. The molecule has 122 valence electrons. The number of hydrogen-bond donors (Lipinski definition) is 0. The molecule has 0 fully saturated rings. The summed E-state index contributed by atoms with van der Waals surface area (Å²) in [6.45, 7) is 1.88. The Bertz CT molecular complexity index is 935. The topological polar surface area (TPSA) is 56.3 Å². The monoisotopic (exact) mass is 359 g/mol. The lowest BCUT2D eigenvalue weighted by Gasteiger charge is -2.07. The van der Waals surface area contributed by atoms with Gasteiger partial charge in [-0.2, -0.15) is 8.42 Å². The molecule has 1 heterocycles. The summed E-state index contributed by atoms with van der Waals surface area (Å²) in [5, 5.41) is 0.649. The third kappa shape index (κ3) is 3.75. The number of benzene rings is 2. The van der Waals surface area contributed by atoms with E-state index in [-0.39, 0.29) is 10.8 Å².